The topological polar surface area (TPSA) is 29.1 Å². The second-order valence-corrected chi connectivity index (χ2v) is 6.80. The molecule has 2 nitrogen and oxygen atoms in total. The van der Waals surface area contributed by atoms with Gasteiger partial charge in [-0.15, -0.1) is 0 Å². The predicted molar refractivity (Wildman–Crippen MR) is 65.8 cm³/mol. The van der Waals surface area contributed by atoms with Crippen LogP contribution in [0.25, 0.3) is 0 Å². The third kappa shape index (κ3) is 2.04. The van der Waals surface area contributed by atoms with Crippen LogP contribution in [0.4, 0.5) is 4.39 Å². The molecule has 4 heteroatoms. The van der Waals surface area contributed by atoms with E-state index in [1.807, 2.05) is 13.0 Å². The molecule has 0 spiro atoms. The minimum absolute atomic E-state index is 0.0237. The highest BCUT2D eigenvalue weighted by Crippen LogP contribution is 2.37. The fourth-order valence-corrected chi connectivity index (χ4v) is 3.92. The molecule has 1 N–H and O–H groups in total. The highest BCUT2D eigenvalue weighted by Gasteiger charge is 2.35. The maximum absolute atomic E-state index is 13.8. The largest absolute Gasteiger partial charge is 0.307 e. The van der Waals surface area contributed by atoms with Gasteiger partial charge in [0.25, 0.3) is 0 Å². The van der Waals surface area contributed by atoms with Gasteiger partial charge in [0.05, 0.1) is 15.7 Å². The summed E-state index contributed by atoms with van der Waals surface area (Å²) in [6.07, 6.45) is 3.25. The third-order valence-electron chi connectivity index (χ3n) is 3.52. The first-order valence-electron chi connectivity index (χ1n) is 6.12. The molecule has 3 atom stereocenters. The van der Waals surface area contributed by atoms with Gasteiger partial charge in [-0.1, -0.05) is 19.1 Å². The van der Waals surface area contributed by atoms with Gasteiger partial charge in [-0.05, 0) is 30.9 Å². The molecule has 2 aliphatic rings. The standard InChI is InChI=1S/C13H16FNOS/c1-8-7-12(15-9-5-6-9)10-3-2-4-11(14)13(10)17(8)16/h2-4,8-9,12,15H,5-7H2,1H3. The molecule has 1 fully saturated rings. The Morgan fingerprint density at radius 1 is 1.41 bits per heavy atom. The summed E-state index contributed by atoms with van der Waals surface area (Å²) in [6.45, 7) is 1.94. The number of fused-ring (bicyclic) bond motifs is 1. The maximum Gasteiger partial charge on any atom is 0.139 e. The number of benzene rings is 1. The van der Waals surface area contributed by atoms with E-state index in [0.29, 0.717) is 10.9 Å². The van der Waals surface area contributed by atoms with Crippen molar-refractivity contribution in [2.45, 2.75) is 48.4 Å². The van der Waals surface area contributed by atoms with Gasteiger partial charge in [0, 0.05) is 17.3 Å². The van der Waals surface area contributed by atoms with Crippen molar-refractivity contribution in [3.8, 4) is 0 Å². The Hall–Kier alpha value is -0.740. The van der Waals surface area contributed by atoms with Crippen LogP contribution in [0.3, 0.4) is 0 Å². The van der Waals surface area contributed by atoms with Crippen LogP contribution in [-0.2, 0) is 10.8 Å². The molecule has 1 heterocycles. The summed E-state index contributed by atoms with van der Waals surface area (Å²) in [7, 11) is -1.20. The minimum atomic E-state index is -1.20. The van der Waals surface area contributed by atoms with Crippen LogP contribution < -0.4 is 5.32 Å². The van der Waals surface area contributed by atoms with Crippen LogP contribution in [-0.4, -0.2) is 15.5 Å². The zero-order valence-corrected chi connectivity index (χ0v) is 10.6. The normalized spacial score (nSPS) is 32.2. The molecule has 0 bridgehead atoms. The lowest BCUT2D eigenvalue weighted by Crippen LogP contribution is -2.33. The molecular formula is C13H16FNOS. The van der Waals surface area contributed by atoms with Crippen LogP contribution in [0, 0.1) is 5.82 Å². The van der Waals surface area contributed by atoms with Crippen molar-refractivity contribution in [1.82, 2.24) is 5.32 Å². The molecule has 17 heavy (non-hydrogen) atoms. The van der Waals surface area contributed by atoms with Crippen molar-refractivity contribution in [3.63, 3.8) is 0 Å². The van der Waals surface area contributed by atoms with Crippen molar-refractivity contribution >= 4 is 10.8 Å². The second kappa shape index (κ2) is 4.18. The fourth-order valence-electron chi connectivity index (χ4n) is 2.45. The quantitative estimate of drug-likeness (QED) is 0.877. The van der Waals surface area contributed by atoms with E-state index in [1.165, 1.54) is 18.9 Å². The molecular weight excluding hydrogens is 237 g/mol. The average molecular weight is 253 g/mol. The first-order valence-corrected chi connectivity index (χ1v) is 7.33. The molecule has 1 aliphatic carbocycles. The molecule has 3 rings (SSSR count). The summed E-state index contributed by atoms with van der Waals surface area (Å²) in [5, 5.41) is 3.55. The lowest BCUT2D eigenvalue weighted by Gasteiger charge is -2.30. The molecule has 3 unspecified atom stereocenters. The van der Waals surface area contributed by atoms with E-state index in [-0.39, 0.29) is 17.1 Å². The Balaban J connectivity index is 2.01. The first-order chi connectivity index (χ1) is 8.16. The van der Waals surface area contributed by atoms with Crippen LogP contribution in [0.5, 0.6) is 0 Å². The van der Waals surface area contributed by atoms with Crippen molar-refractivity contribution in [3.05, 3.63) is 29.6 Å². The second-order valence-electron chi connectivity index (χ2n) is 5.00. The molecule has 92 valence electrons. The maximum atomic E-state index is 13.8. The van der Waals surface area contributed by atoms with Crippen LogP contribution >= 0.6 is 0 Å². The van der Waals surface area contributed by atoms with Gasteiger partial charge in [-0.3, -0.25) is 4.21 Å². The van der Waals surface area contributed by atoms with E-state index in [9.17, 15) is 8.60 Å². The summed E-state index contributed by atoms with van der Waals surface area (Å²) >= 11 is 0. The Morgan fingerprint density at radius 3 is 2.88 bits per heavy atom. The van der Waals surface area contributed by atoms with Gasteiger partial charge in [0.15, 0.2) is 0 Å². The highest BCUT2D eigenvalue weighted by molar-refractivity contribution is 7.85. The predicted octanol–water partition coefficient (Wildman–Crippen LogP) is 2.52. The number of halogens is 1. The van der Waals surface area contributed by atoms with Crippen molar-refractivity contribution < 1.29 is 8.60 Å². The van der Waals surface area contributed by atoms with E-state index in [4.69, 9.17) is 0 Å². The van der Waals surface area contributed by atoms with E-state index in [2.05, 4.69) is 5.32 Å². The summed E-state index contributed by atoms with van der Waals surface area (Å²) in [4.78, 5) is 0.421. The van der Waals surface area contributed by atoms with Gasteiger partial charge in [-0.25, -0.2) is 4.39 Å². The number of rotatable bonds is 2. The SMILES string of the molecule is CC1CC(NC2CC2)c2cccc(F)c2S1=O. The van der Waals surface area contributed by atoms with Gasteiger partial charge >= 0.3 is 0 Å². The fraction of sp³-hybridized carbons (Fsp3) is 0.538. The van der Waals surface area contributed by atoms with E-state index >= 15 is 0 Å². The molecule has 0 amide bonds. The van der Waals surface area contributed by atoms with E-state index in [0.717, 1.165) is 12.0 Å². The third-order valence-corrected chi connectivity index (χ3v) is 5.28. The van der Waals surface area contributed by atoms with Crippen LogP contribution in [0.2, 0.25) is 0 Å². The smallest absolute Gasteiger partial charge is 0.139 e. The van der Waals surface area contributed by atoms with Gasteiger partial charge in [0.1, 0.15) is 5.82 Å². The Morgan fingerprint density at radius 2 is 2.18 bits per heavy atom. The zero-order chi connectivity index (χ0) is 12.0. The number of hydrogen-bond acceptors (Lipinski definition) is 2. The van der Waals surface area contributed by atoms with Crippen LogP contribution in [0.1, 0.15) is 37.8 Å². The molecule has 1 aromatic rings. The van der Waals surface area contributed by atoms with Crippen LogP contribution in [0.15, 0.2) is 23.1 Å². The van der Waals surface area contributed by atoms with E-state index in [1.54, 1.807) is 6.07 Å². The summed E-state index contributed by atoms with van der Waals surface area (Å²) < 4.78 is 25.9. The lowest BCUT2D eigenvalue weighted by atomic mass is 10.0. The minimum Gasteiger partial charge on any atom is -0.307 e. The number of hydrogen-bond donors (Lipinski definition) is 1. The molecule has 0 saturated heterocycles. The van der Waals surface area contributed by atoms with Gasteiger partial charge in [0.2, 0.25) is 0 Å². The lowest BCUT2D eigenvalue weighted by molar-refractivity contribution is 0.463. The average Bonchev–Trinajstić information content (AvgIpc) is 3.09. The molecule has 0 radical (unpaired) electrons. The Bertz CT molecular complexity index is 472. The number of nitrogens with one attached hydrogen (secondary N) is 1. The molecule has 1 aromatic carbocycles. The molecule has 1 saturated carbocycles. The first kappa shape index (κ1) is 11.4. The monoisotopic (exact) mass is 253 g/mol. The van der Waals surface area contributed by atoms with Gasteiger partial charge < -0.3 is 5.32 Å². The summed E-state index contributed by atoms with van der Waals surface area (Å²) in [5.74, 6) is -0.324. The zero-order valence-electron chi connectivity index (χ0n) is 9.78. The summed E-state index contributed by atoms with van der Waals surface area (Å²) in [5.41, 5.74) is 0.897. The van der Waals surface area contributed by atoms with Gasteiger partial charge in [-0.2, -0.15) is 0 Å². The highest BCUT2D eigenvalue weighted by atomic mass is 32.2. The van der Waals surface area contributed by atoms with Crippen molar-refractivity contribution in [2.24, 2.45) is 0 Å². The molecule has 0 aromatic heterocycles. The van der Waals surface area contributed by atoms with Crippen molar-refractivity contribution in [1.29, 1.82) is 0 Å². The Labute approximate surface area is 103 Å². The summed E-state index contributed by atoms with van der Waals surface area (Å²) in [6, 6.07) is 5.77. The Kier molecular flexibility index (Phi) is 2.79. The van der Waals surface area contributed by atoms with Crippen molar-refractivity contribution in [2.75, 3.05) is 0 Å². The molecule has 1 aliphatic heterocycles. The van der Waals surface area contributed by atoms with E-state index < -0.39 is 10.8 Å².